The molecule has 2 nitrogen and oxygen atoms in total. The minimum atomic E-state index is 0.0473. The van der Waals surface area contributed by atoms with E-state index in [1.54, 1.807) is 18.9 Å². The number of carbonyl (C=O) groups excluding carboxylic acids is 1. The average molecular weight is 389 g/mol. The minimum Gasteiger partial charge on any atom is -0.497 e. The molecule has 0 radical (unpaired) electrons. The molecule has 0 N–H and O–H groups in total. The normalized spacial score (nSPS) is 16.0. The summed E-state index contributed by atoms with van der Waals surface area (Å²) in [5, 5.41) is 0.644. The van der Waals surface area contributed by atoms with Crippen molar-refractivity contribution in [1.29, 1.82) is 0 Å². The van der Waals surface area contributed by atoms with Crippen LogP contribution in [-0.2, 0) is 4.79 Å². The van der Waals surface area contributed by atoms with Crippen molar-refractivity contribution in [3.05, 3.63) is 73.8 Å². The molecule has 0 fully saturated rings. The van der Waals surface area contributed by atoms with Gasteiger partial charge in [0.05, 0.1) is 21.8 Å². The smallest absolute Gasteiger partial charge is 0.202 e. The second-order valence-corrected chi connectivity index (χ2v) is 8.28. The molecule has 0 spiro atoms. The summed E-state index contributed by atoms with van der Waals surface area (Å²) in [5.41, 5.74) is 2.53. The lowest BCUT2D eigenvalue weighted by molar-refractivity contribution is -0.109. The summed E-state index contributed by atoms with van der Waals surface area (Å²) in [5.74, 6) is 1.74. The summed E-state index contributed by atoms with van der Waals surface area (Å²) in [4.78, 5) is 13.7. The Morgan fingerprint density at radius 1 is 1.16 bits per heavy atom. The number of halogens is 1. The number of carbonyl (C=O) groups is 1. The number of ketones is 1. The van der Waals surface area contributed by atoms with Crippen LogP contribution in [0, 0.1) is 0 Å². The number of allylic oxidation sites excluding steroid dienone is 2. The first kappa shape index (κ1) is 18.2. The van der Waals surface area contributed by atoms with E-state index in [1.165, 1.54) is 11.8 Å². The molecular formula is C20H17ClO2S2. The van der Waals surface area contributed by atoms with Gasteiger partial charge in [0.25, 0.3) is 0 Å². The van der Waals surface area contributed by atoms with Gasteiger partial charge in [0.1, 0.15) is 5.75 Å². The number of hydrogen-bond donors (Lipinski definition) is 0. The maximum absolute atomic E-state index is 13.0. The summed E-state index contributed by atoms with van der Waals surface area (Å²) in [6.45, 7) is 2.09. The molecule has 1 aliphatic heterocycles. The molecule has 0 bridgehead atoms. The minimum absolute atomic E-state index is 0.0473. The molecule has 128 valence electrons. The number of ether oxygens (including phenoxy) is 1. The Morgan fingerprint density at radius 2 is 1.88 bits per heavy atom. The highest BCUT2D eigenvalue weighted by Crippen LogP contribution is 2.49. The van der Waals surface area contributed by atoms with E-state index < -0.39 is 0 Å². The Hall–Kier alpha value is -1.62. The van der Waals surface area contributed by atoms with Crippen LogP contribution in [0.15, 0.2) is 57.7 Å². The van der Waals surface area contributed by atoms with E-state index in [2.05, 4.69) is 6.92 Å². The van der Waals surface area contributed by atoms with Crippen molar-refractivity contribution in [1.82, 2.24) is 0 Å². The SMILES string of the molecule is CCSC1=C(c2ccc(OC)cc2)C(=O)/C(=C/c2ccccc2Cl)S1. The van der Waals surface area contributed by atoms with E-state index in [-0.39, 0.29) is 5.78 Å². The van der Waals surface area contributed by atoms with Gasteiger partial charge >= 0.3 is 0 Å². The van der Waals surface area contributed by atoms with Crippen LogP contribution >= 0.6 is 35.1 Å². The summed E-state index contributed by atoms with van der Waals surface area (Å²) in [6.07, 6.45) is 1.88. The van der Waals surface area contributed by atoms with Gasteiger partial charge in [0.2, 0.25) is 5.78 Å². The third-order valence-corrected chi connectivity index (χ3v) is 6.32. The highest BCUT2D eigenvalue weighted by molar-refractivity contribution is 8.25. The molecule has 0 atom stereocenters. The standard InChI is InChI=1S/C20H17ClO2S2/c1-3-24-20-18(13-8-10-15(23-2)11-9-13)19(22)17(25-20)12-14-6-4-5-7-16(14)21/h4-12H,3H2,1-2H3/b17-12-. The van der Waals surface area contributed by atoms with Gasteiger partial charge in [0, 0.05) is 5.02 Å². The first-order valence-corrected chi connectivity index (χ1v) is 10.0. The number of methoxy groups -OCH3 is 1. The topological polar surface area (TPSA) is 26.3 Å². The molecule has 1 aliphatic rings. The van der Waals surface area contributed by atoms with Crippen molar-refractivity contribution in [2.75, 3.05) is 12.9 Å². The predicted octanol–water partition coefficient (Wildman–Crippen LogP) is 6.13. The number of hydrogen-bond acceptors (Lipinski definition) is 4. The van der Waals surface area contributed by atoms with Gasteiger partial charge < -0.3 is 4.74 Å². The Balaban J connectivity index is 1.99. The zero-order valence-electron chi connectivity index (χ0n) is 13.9. The Bertz CT molecular complexity index is 854. The van der Waals surface area contributed by atoms with Gasteiger partial charge in [-0.2, -0.15) is 0 Å². The van der Waals surface area contributed by atoms with Gasteiger partial charge in [-0.05, 0) is 41.2 Å². The van der Waals surface area contributed by atoms with Gasteiger partial charge in [0.15, 0.2) is 0 Å². The van der Waals surface area contributed by atoms with E-state index in [0.717, 1.165) is 32.4 Å². The lowest BCUT2D eigenvalue weighted by atomic mass is 10.0. The molecule has 0 saturated heterocycles. The van der Waals surface area contributed by atoms with Gasteiger partial charge in [-0.25, -0.2) is 0 Å². The first-order valence-electron chi connectivity index (χ1n) is 7.84. The van der Waals surface area contributed by atoms with Crippen LogP contribution in [0.5, 0.6) is 5.75 Å². The van der Waals surface area contributed by atoms with Crippen LogP contribution in [0.2, 0.25) is 5.02 Å². The molecule has 2 aromatic carbocycles. The number of thioether (sulfide) groups is 2. The fourth-order valence-electron chi connectivity index (χ4n) is 2.48. The van der Waals surface area contributed by atoms with Crippen molar-refractivity contribution in [3.63, 3.8) is 0 Å². The van der Waals surface area contributed by atoms with E-state index in [9.17, 15) is 4.79 Å². The second kappa shape index (κ2) is 8.17. The molecule has 0 aromatic heterocycles. The molecular weight excluding hydrogens is 372 g/mol. The van der Waals surface area contributed by atoms with Gasteiger partial charge in [-0.15, -0.1) is 11.8 Å². The Morgan fingerprint density at radius 3 is 2.52 bits per heavy atom. The maximum atomic E-state index is 13.0. The largest absolute Gasteiger partial charge is 0.497 e. The summed E-state index contributed by atoms with van der Waals surface area (Å²) >= 11 is 9.45. The van der Waals surface area contributed by atoms with Crippen LogP contribution in [-0.4, -0.2) is 18.6 Å². The van der Waals surface area contributed by atoms with Crippen molar-refractivity contribution >= 4 is 52.6 Å². The van der Waals surface area contributed by atoms with Crippen LogP contribution in [0.4, 0.5) is 0 Å². The fourth-order valence-corrected chi connectivity index (χ4v) is 5.04. The Labute approximate surface area is 161 Å². The number of rotatable bonds is 5. The quantitative estimate of drug-likeness (QED) is 0.575. The van der Waals surface area contributed by atoms with Gasteiger partial charge in [-0.1, -0.05) is 60.6 Å². The zero-order chi connectivity index (χ0) is 17.8. The molecule has 0 unspecified atom stereocenters. The van der Waals surface area contributed by atoms with Crippen molar-refractivity contribution in [2.24, 2.45) is 0 Å². The van der Waals surface area contributed by atoms with Crippen LogP contribution < -0.4 is 4.74 Å². The highest BCUT2D eigenvalue weighted by Gasteiger charge is 2.30. The molecule has 0 amide bonds. The summed E-state index contributed by atoms with van der Waals surface area (Å²) < 4.78 is 6.25. The van der Waals surface area contributed by atoms with E-state index >= 15 is 0 Å². The van der Waals surface area contributed by atoms with Crippen molar-refractivity contribution < 1.29 is 9.53 Å². The van der Waals surface area contributed by atoms with Crippen LogP contribution in [0.3, 0.4) is 0 Å². The zero-order valence-corrected chi connectivity index (χ0v) is 16.3. The van der Waals surface area contributed by atoms with Crippen molar-refractivity contribution in [3.8, 4) is 5.75 Å². The van der Waals surface area contributed by atoms with E-state index in [4.69, 9.17) is 16.3 Å². The molecule has 0 aliphatic carbocycles. The fraction of sp³-hybridized carbons (Fsp3) is 0.150. The lowest BCUT2D eigenvalue weighted by Crippen LogP contribution is -1.99. The first-order chi connectivity index (χ1) is 12.1. The van der Waals surface area contributed by atoms with E-state index in [0.29, 0.717) is 9.93 Å². The summed E-state index contributed by atoms with van der Waals surface area (Å²) in [7, 11) is 1.63. The van der Waals surface area contributed by atoms with Gasteiger partial charge in [-0.3, -0.25) is 4.79 Å². The maximum Gasteiger partial charge on any atom is 0.202 e. The highest BCUT2D eigenvalue weighted by atomic mass is 35.5. The summed E-state index contributed by atoms with van der Waals surface area (Å²) in [6, 6.07) is 15.2. The predicted molar refractivity (Wildman–Crippen MR) is 110 cm³/mol. The number of benzene rings is 2. The van der Waals surface area contributed by atoms with E-state index in [1.807, 2.05) is 54.6 Å². The van der Waals surface area contributed by atoms with Crippen LogP contribution in [0.25, 0.3) is 11.6 Å². The molecule has 1 heterocycles. The van der Waals surface area contributed by atoms with Crippen LogP contribution in [0.1, 0.15) is 18.1 Å². The molecule has 0 saturated carbocycles. The Kier molecular flexibility index (Phi) is 5.94. The lowest BCUT2D eigenvalue weighted by Gasteiger charge is -2.05. The second-order valence-electron chi connectivity index (χ2n) is 5.29. The molecule has 2 aromatic rings. The molecule has 3 rings (SSSR count). The molecule has 5 heteroatoms. The average Bonchev–Trinajstić information content (AvgIpc) is 2.93. The number of Topliss-reactive ketones (excluding diaryl/α,β-unsaturated/α-hetero) is 1. The monoisotopic (exact) mass is 388 g/mol. The third-order valence-electron chi connectivity index (χ3n) is 3.70. The van der Waals surface area contributed by atoms with Crippen molar-refractivity contribution in [2.45, 2.75) is 6.92 Å². The molecule has 25 heavy (non-hydrogen) atoms. The third kappa shape index (κ3) is 3.97.